The van der Waals surface area contributed by atoms with Crippen LogP contribution in [0.3, 0.4) is 0 Å². The van der Waals surface area contributed by atoms with Crippen LogP contribution in [0.25, 0.3) is 6.08 Å². The number of para-hydroxylation sites is 1. The van der Waals surface area contributed by atoms with Crippen LogP contribution in [0.2, 0.25) is 5.02 Å². The maximum atomic E-state index is 12.1. The van der Waals surface area contributed by atoms with Crippen LogP contribution in [-0.2, 0) is 16.1 Å². The molecule has 0 spiro atoms. The Bertz CT molecular complexity index is 823. The monoisotopic (exact) mass is 353 g/mol. The Morgan fingerprint density at radius 2 is 1.84 bits per heavy atom. The molecule has 0 heterocycles. The van der Waals surface area contributed by atoms with E-state index in [1.54, 1.807) is 42.5 Å². The number of halogens is 1. The van der Waals surface area contributed by atoms with Gasteiger partial charge in [0.25, 0.3) is 0 Å². The van der Waals surface area contributed by atoms with Crippen molar-refractivity contribution >= 4 is 35.2 Å². The summed E-state index contributed by atoms with van der Waals surface area (Å²) in [6.07, 6.45) is 2.91. The van der Waals surface area contributed by atoms with E-state index in [0.717, 1.165) is 11.1 Å². The number of amides is 2. The molecule has 0 aromatic heterocycles. The number of anilines is 1. The molecule has 0 saturated heterocycles. The van der Waals surface area contributed by atoms with Crippen molar-refractivity contribution in [2.45, 2.75) is 13.0 Å². The highest BCUT2D eigenvalue weighted by molar-refractivity contribution is 6.30. The molecular formula is C19H16ClN3O2. The van der Waals surface area contributed by atoms with Gasteiger partial charge in [-0.15, -0.1) is 0 Å². The zero-order chi connectivity index (χ0) is 18.1. The van der Waals surface area contributed by atoms with Crippen LogP contribution in [0.5, 0.6) is 0 Å². The van der Waals surface area contributed by atoms with Gasteiger partial charge in [0, 0.05) is 23.3 Å². The number of benzene rings is 2. The number of nitriles is 1. The molecule has 2 rings (SSSR count). The molecule has 25 heavy (non-hydrogen) atoms. The predicted octanol–water partition coefficient (Wildman–Crippen LogP) is 3.52. The van der Waals surface area contributed by atoms with E-state index in [1.807, 2.05) is 18.2 Å². The van der Waals surface area contributed by atoms with Crippen molar-refractivity contribution in [3.05, 3.63) is 70.8 Å². The summed E-state index contributed by atoms with van der Waals surface area (Å²) in [5.74, 6) is -0.642. The molecule has 0 aliphatic rings. The molecule has 5 nitrogen and oxygen atoms in total. The molecule has 0 bridgehead atoms. The molecule has 0 saturated carbocycles. The third-order valence-electron chi connectivity index (χ3n) is 3.29. The van der Waals surface area contributed by atoms with Gasteiger partial charge in [-0.05, 0) is 35.4 Å². The van der Waals surface area contributed by atoms with Gasteiger partial charge in [-0.25, -0.2) is 0 Å². The minimum atomic E-state index is -0.355. The Morgan fingerprint density at radius 3 is 2.56 bits per heavy atom. The fourth-order valence-electron chi connectivity index (χ4n) is 2.04. The first-order chi connectivity index (χ1) is 12.1. The molecule has 0 unspecified atom stereocenters. The third kappa shape index (κ3) is 6.13. The largest absolute Gasteiger partial charge is 0.351 e. The quantitative estimate of drug-likeness (QED) is 0.779. The highest BCUT2D eigenvalue weighted by atomic mass is 35.5. The van der Waals surface area contributed by atoms with Crippen LogP contribution in [0, 0.1) is 11.3 Å². The molecule has 0 atom stereocenters. The van der Waals surface area contributed by atoms with Crippen LogP contribution < -0.4 is 10.6 Å². The van der Waals surface area contributed by atoms with Crippen LogP contribution in [0.4, 0.5) is 5.69 Å². The maximum Gasteiger partial charge on any atom is 0.248 e. The summed E-state index contributed by atoms with van der Waals surface area (Å²) in [5.41, 5.74) is 2.21. The van der Waals surface area contributed by atoms with Gasteiger partial charge in [0.1, 0.15) is 6.42 Å². The lowest BCUT2D eigenvalue weighted by molar-refractivity contribution is -0.120. The summed E-state index contributed by atoms with van der Waals surface area (Å²) in [6.45, 7) is 0.234. The van der Waals surface area contributed by atoms with E-state index in [1.165, 1.54) is 6.08 Å². The van der Waals surface area contributed by atoms with Crippen molar-refractivity contribution in [3.8, 4) is 6.07 Å². The average molecular weight is 354 g/mol. The highest BCUT2D eigenvalue weighted by Crippen LogP contribution is 2.15. The summed E-state index contributed by atoms with van der Waals surface area (Å²) in [6, 6.07) is 16.1. The summed E-state index contributed by atoms with van der Waals surface area (Å²) in [5, 5.41) is 14.5. The first-order valence-electron chi connectivity index (χ1n) is 7.54. The zero-order valence-electron chi connectivity index (χ0n) is 13.3. The summed E-state index contributed by atoms with van der Waals surface area (Å²) in [4.78, 5) is 23.5. The molecule has 0 aliphatic carbocycles. The van der Waals surface area contributed by atoms with Crippen LogP contribution >= 0.6 is 11.6 Å². The Labute approximate surface area is 150 Å². The van der Waals surface area contributed by atoms with E-state index in [0.29, 0.717) is 10.7 Å². The van der Waals surface area contributed by atoms with Crippen molar-refractivity contribution in [2.24, 2.45) is 0 Å². The second kappa shape index (κ2) is 9.26. The normalized spacial score (nSPS) is 10.2. The van der Waals surface area contributed by atoms with Crippen LogP contribution in [0.1, 0.15) is 17.5 Å². The minimum Gasteiger partial charge on any atom is -0.351 e. The topological polar surface area (TPSA) is 82.0 Å². The van der Waals surface area contributed by atoms with E-state index in [2.05, 4.69) is 10.6 Å². The SMILES string of the molecule is N#CCC(=O)NCc1ccccc1NC(=O)/C=C/c1ccc(Cl)cc1. The number of nitrogens with zero attached hydrogens (tertiary/aromatic N) is 1. The Kier molecular flexibility index (Phi) is 6.76. The molecule has 6 heteroatoms. The van der Waals surface area contributed by atoms with E-state index >= 15 is 0 Å². The Morgan fingerprint density at radius 1 is 1.12 bits per heavy atom. The Hall–Kier alpha value is -3.10. The van der Waals surface area contributed by atoms with Gasteiger partial charge < -0.3 is 10.6 Å². The zero-order valence-corrected chi connectivity index (χ0v) is 14.1. The molecule has 2 aromatic rings. The van der Waals surface area contributed by atoms with Crippen molar-refractivity contribution in [2.75, 3.05) is 5.32 Å². The van der Waals surface area contributed by atoms with Gasteiger partial charge in [0.15, 0.2) is 0 Å². The minimum absolute atomic E-state index is 0.196. The summed E-state index contributed by atoms with van der Waals surface area (Å²) < 4.78 is 0. The van der Waals surface area contributed by atoms with E-state index in [-0.39, 0.29) is 24.8 Å². The number of hydrogen-bond acceptors (Lipinski definition) is 3. The van der Waals surface area contributed by atoms with Gasteiger partial charge >= 0.3 is 0 Å². The fraction of sp³-hybridized carbons (Fsp3) is 0.105. The molecule has 2 amide bonds. The highest BCUT2D eigenvalue weighted by Gasteiger charge is 2.06. The van der Waals surface area contributed by atoms with Gasteiger partial charge in [-0.1, -0.05) is 41.9 Å². The van der Waals surface area contributed by atoms with E-state index < -0.39 is 0 Å². The summed E-state index contributed by atoms with van der Waals surface area (Å²) in [7, 11) is 0. The van der Waals surface area contributed by atoms with Crippen molar-refractivity contribution in [1.82, 2.24) is 5.32 Å². The van der Waals surface area contributed by atoms with E-state index in [4.69, 9.17) is 16.9 Å². The second-order valence-electron chi connectivity index (χ2n) is 5.14. The summed E-state index contributed by atoms with van der Waals surface area (Å²) >= 11 is 5.82. The molecule has 0 aliphatic heterocycles. The standard InChI is InChI=1S/C19H16ClN3O2/c20-16-8-5-14(6-9-16)7-10-19(25)23-17-4-2-1-3-15(17)13-22-18(24)11-12-21/h1-10H,11,13H2,(H,22,24)(H,23,25)/b10-7+. The maximum absolute atomic E-state index is 12.1. The number of hydrogen-bond donors (Lipinski definition) is 2. The number of rotatable bonds is 6. The lowest BCUT2D eigenvalue weighted by Crippen LogP contribution is -2.22. The fourth-order valence-corrected chi connectivity index (χ4v) is 2.17. The molecule has 0 radical (unpaired) electrons. The second-order valence-corrected chi connectivity index (χ2v) is 5.58. The van der Waals surface area contributed by atoms with Gasteiger partial charge in [0.2, 0.25) is 11.8 Å². The smallest absolute Gasteiger partial charge is 0.248 e. The first kappa shape index (κ1) is 18.2. The van der Waals surface area contributed by atoms with Gasteiger partial charge in [0.05, 0.1) is 6.07 Å². The van der Waals surface area contributed by atoms with Crippen molar-refractivity contribution in [3.63, 3.8) is 0 Å². The Balaban J connectivity index is 1.99. The van der Waals surface area contributed by atoms with Gasteiger partial charge in [-0.2, -0.15) is 5.26 Å². The number of nitrogens with one attached hydrogen (secondary N) is 2. The molecule has 2 aromatic carbocycles. The molecule has 0 fully saturated rings. The lowest BCUT2D eigenvalue weighted by Gasteiger charge is -2.10. The predicted molar refractivity (Wildman–Crippen MR) is 97.6 cm³/mol. The first-order valence-corrected chi connectivity index (χ1v) is 7.92. The molecule has 2 N–H and O–H groups in total. The van der Waals surface area contributed by atoms with Crippen molar-refractivity contribution < 1.29 is 9.59 Å². The molecule has 126 valence electrons. The van der Waals surface area contributed by atoms with Crippen LogP contribution in [-0.4, -0.2) is 11.8 Å². The van der Waals surface area contributed by atoms with Crippen LogP contribution in [0.15, 0.2) is 54.6 Å². The van der Waals surface area contributed by atoms with Gasteiger partial charge in [-0.3, -0.25) is 9.59 Å². The van der Waals surface area contributed by atoms with Crippen molar-refractivity contribution in [1.29, 1.82) is 5.26 Å². The molecular weight excluding hydrogens is 338 g/mol. The average Bonchev–Trinajstić information content (AvgIpc) is 2.61. The van der Waals surface area contributed by atoms with E-state index in [9.17, 15) is 9.59 Å². The number of carbonyl (C=O) groups is 2. The number of carbonyl (C=O) groups excluding carboxylic acids is 2. The lowest BCUT2D eigenvalue weighted by atomic mass is 10.1. The third-order valence-corrected chi connectivity index (χ3v) is 3.54.